The van der Waals surface area contributed by atoms with E-state index in [0.29, 0.717) is 5.75 Å². The average Bonchev–Trinajstić information content (AvgIpc) is 2.65. The van der Waals surface area contributed by atoms with Crippen LogP contribution in [0.5, 0.6) is 17.2 Å². The van der Waals surface area contributed by atoms with Gasteiger partial charge >= 0.3 is 0 Å². The molecule has 0 aliphatic carbocycles. The summed E-state index contributed by atoms with van der Waals surface area (Å²) >= 11 is 0. The SMILES string of the molecule is Cc1cc(C)c(O)c(C(c2cc(C)c(O)c(C)c2C)c2cc(C)cc(C)c2O)c1. The van der Waals surface area contributed by atoms with Crippen molar-refractivity contribution in [3.05, 3.63) is 86.0 Å². The molecule has 0 unspecified atom stereocenters. The fourth-order valence-corrected chi connectivity index (χ4v) is 4.33. The van der Waals surface area contributed by atoms with Crippen molar-refractivity contribution >= 4 is 0 Å². The maximum Gasteiger partial charge on any atom is 0.122 e. The highest BCUT2D eigenvalue weighted by atomic mass is 16.3. The van der Waals surface area contributed by atoms with Gasteiger partial charge in [-0.05, 0) is 81.8 Å². The second-order valence-electron chi connectivity index (χ2n) is 8.35. The third kappa shape index (κ3) is 3.57. The Bertz CT molecular complexity index is 1050. The highest BCUT2D eigenvalue weighted by molar-refractivity contribution is 5.61. The van der Waals surface area contributed by atoms with Crippen LogP contribution in [0.25, 0.3) is 0 Å². The van der Waals surface area contributed by atoms with E-state index in [1.807, 2.05) is 78.8 Å². The van der Waals surface area contributed by atoms with Crippen molar-refractivity contribution in [2.75, 3.05) is 0 Å². The fraction of sp³-hybridized carbons (Fsp3) is 0.308. The number of aromatic hydroxyl groups is 3. The fourth-order valence-electron chi connectivity index (χ4n) is 4.33. The number of phenols is 3. The Kier molecular flexibility index (Phi) is 5.36. The van der Waals surface area contributed by atoms with Gasteiger partial charge < -0.3 is 15.3 Å². The molecule has 0 aliphatic rings. The van der Waals surface area contributed by atoms with Gasteiger partial charge in [-0.3, -0.25) is 0 Å². The zero-order valence-corrected chi connectivity index (χ0v) is 18.3. The third-order valence-electron chi connectivity index (χ3n) is 5.98. The summed E-state index contributed by atoms with van der Waals surface area (Å²) in [6.45, 7) is 13.6. The standard InChI is InChI=1S/C26H30O3/c1-13-8-15(3)25(28)21(10-13)23(22-11-14(2)9-16(4)26(22)29)20-12-17(5)24(27)19(7)18(20)6/h8-12,23,27-29H,1-7H3. The molecular weight excluding hydrogens is 360 g/mol. The maximum absolute atomic E-state index is 11.0. The van der Waals surface area contributed by atoms with E-state index in [0.717, 1.165) is 55.6 Å². The Morgan fingerprint density at radius 1 is 0.483 bits per heavy atom. The molecule has 0 amide bonds. The van der Waals surface area contributed by atoms with Gasteiger partial charge in [0.25, 0.3) is 0 Å². The van der Waals surface area contributed by atoms with Crippen molar-refractivity contribution < 1.29 is 15.3 Å². The summed E-state index contributed by atoms with van der Waals surface area (Å²) < 4.78 is 0. The Labute approximate surface area is 173 Å². The van der Waals surface area contributed by atoms with Gasteiger partial charge in [-0.1, -0.05) is 41.5 Å². The molecule has 152 valence electrons. The first-order valence-corrected chi connectivity index (χ1v) is 9.92. The van der Waals surface area contributed by atoms with E-state index in [4.69, 9.17) is 0 Å². The quantitative estimate of drug-likeness (QED) is 0.471. The molecule has 0 aliphatic heterocycles. The van der Waals surface area contributed by atoms with Gasteiger partial charge in [-0.15, -0.1) is 0 Å². The molecule has 0 atom stereocenters. The van der Waals surface area contributed by atoms with Crippen LogP contribution in [-0.4, -0.2) is 15.3 Å². The molecule has 3 rings (SSSR count). The predicted octanol–water partition coefficient (Wildman–Crippen LogP) is 6.14. The minimum absolute atomic E-state index is 0.238. The average molecular weight is 391 g/mol. The number of aryl methyl sites for hydroxylation is 5. The van der Waals surface area contributed by atoms with E-state index in [-0.39, 0.29) is 17.4 Å². The number of hydrogen-bond donors (Lipinski definition) is 3. The van der Waals surface area contributed by atoms with Crippen molar-refractivity contribution in [1.29, 1.82) is 0 Å². The van der Waals surface area contributed by atoms with Crippen molar-refractivity contribution in [2.24, 2.45) is 0 Å². The molecule has 0 saturated carbocycles. The Balaban J connectivity index is 2.46. The maximum atomic E-state index is 11.0. The second kappa shape index (κ2) is 7.47. The zero-order chi connectivity index (χ0) is 21.6. The molecule has 3 aromatic carbocycles. The van der Waals surface area contributed by atoms with E-state index in [9.17, 15) is 15.3 Å². The third-order valence-corrected chi connectivity index (χ3v) is 5.98. The van der Waals surface area contributed by atoms with E-state index in [2.05, 4.69) is 0 Å². The highest BCUT2D eigenvalue weighted by Crippen LogP contribution is 2.45. The molecular formula is C26H30O3. The predicted molar refractivity (Wildman–Crippen MR) is 118 cm³/mol. The van der Waals surface area contributed by atoms with Crippen LogP contribution in [0.3, 0.4) is 0 Å². The van der Waals surface area contributed by atoms with Crippen LogP contribution >= 0.6 is 0 Å². The molecule has 0 heterocycles. The number of hydrogen-bond acceptors (Lipinski definition) is 3. The van der Waals surface area contributed by atoms with Crippen LogP contribution in [0.4, 0.5) is 0 Å². The van der Waals surface area contributed by atoms with Gasteiger partial charge in [0.05, 0.1) is 0 Å². The first-order valence-electron chi connectivity index (χ1n) is 9.92. The highest BCUT2D eigenvalue weighted by Gasteiger charge is 2.27. The molecule has 3 N–H and O–H groups in total. The zero-order valence-electron chi connectivity index (χ0n) is 18.3. The van der Waals surface area contributed by atoms with Crippen molar-refractivity contribution in [3.8, 4) is 17.2 Å². The molecule has 29 heavy (non-hydrogen) atoms. The lowest BCUT2D eigenvalue weighted by Crippen LogP contribution is -2.09. The lowest BCUT2D eigenvalue weighted by atomic mass is 9.78. The number of phenolic OH excluding ortho intramolecular Hbond substituents is 3. The van der Waals surface area contributed by atoms with E-state index < -0.39 is 0 Å². The van der Waals surface area contributed by atoms with Gasteiger partial charge in [-0.25, -0.2) is 0 Å². The minimum Gasteiger partial charge on any atom is -0.507 e. The molecule has 0 saturated heterocycles. The van der Waals surface area contributed by atoms with Crippen LogP contribution in [0, 0.1) is 48.5 Å². The summed E-state index contributed by atoms with van der Waals surface area (Å²) in [4.78, 5) is 0. The number of rotatable bonds is 3. The molecule has 0 spiro atoms. The van der Waals surface area contributed by atoms with Crippen LogP contribution in [0.2, 0.25) is 0 Å². The summed E-state index contributed by atoms with van der Waals surface area (Å²) in [7, 11) is 0. The van der Waals surface area contributed by atoms with Crippen molar-refractivity contribution in [3.63, 3.8) is 0 Å². The summed E-state index contributed by atoms with van der Waals surface area (Å²) in [6.07, 6.45) is 0. The van der Waals surface area contributed by atoms with E-state index in [1.54, 1.807) is 0 Å². The van der Waals surface area contributed by atoms with Crippen LogP contribution in [0.15, 0.2) is 30.3 Å². The van der Waals surface area contributed by atoms with Gasteiger partial charge in [-0.2, -0.15) is 0 Å². The Morgan fingerprint density at radius 3 is 1.34 bits per heavy atom. The van der Waals surface area contributed by atoms with Gasteiger partial charge in [0, 0.05) is 17.0 Å². The van der Waals surface area contributed by atoms with Gasteiger partial charge in [0.2, 0.25) is 0 Å². The summed E-state index contributed by atoms with van der Waals surface area (Å²) in [5, 5.41) is 32.4. The lowest BCUT2D eigenvalue weighted by molar-refractivity contribution is 0.453. The molecule has 3 heteroatoms. The van der Waals surface area contributed by atoms with E-state index in [1.165, 1.54) is 0 Å². The monoisotopic (exact) mass is 390 g/mol. The molecule has 3 nitrogen and oxygen atoms in total. The topological polar surface area (TPSA) is 60.7 Å². The van der Waals surface area contributed by atoms with Gasteiger partial charge in [0.15, 0.2) is 0 Å². The van der Waals surface area contributed by atoms with Crippen LogP contribution < -0.4 is 0 Å². The van der Waals surface area contributed by atoms with E-state index >= 15 is 0 Å². The second-order valence-corrected chi connectivity index (χ2v) is 8.35. The van der Waals surface area contributed by atoms with Crippen LogP contribution in [0.1, 0.15) is 61.6 Å². The molecule has 0 aromatic heterocycles. The molecule has 3 aromatic rings. The van der Waals surface area contributed by atoms with Crippen LogP contribution in [-0.2, 0) is 0 Å². The largest absolute Gasteiger partial charge is 0.507 e. The first kappa shape index (κ1) is 20.8. The Morgan fingerprint density at radius 2 is 0.897 bits per heavy atom. The van der Waals surface area contributed by atoms with Crippen molar-refractivity contribution in [1.82, 2.24) is 0 Å². The Hall–Kier alpha value is -2.94. The molecule has 0 fully saturated rings. The minimum atomic E-state index is -0.356. The van der Waals surface area contributed by atoms with Gasteiger partial charge in [0.1, 0.15) is 17.2 Å². The van der Waals surface area contributed by atoms with Crippen molar-refractivity contribution in [2.45, 2.75) is 54.4 Å². The number of benzene rings is 3. The summed E-state index contributed by atoms with van der Waals surface area (Å²) in [5.41, 5.74) is 8.75. The normalized spacial score (nSPS) is 11.3. The molecule has 0 bridgehead atoms. The smallest absolute Gasteiger partial charge is 0.122 e. The lowest BCUT2D eigenvalue weighted by Gasteiger charge is -2.26. The first-order chi connectivity index (χ1) is 13.5. The summed E-state index contributed by atoms with van der Waals surface area (Å²) in [6, 6.07) is 9.85. The molecule has 0 radical (unpaired) electrons. The summed E-state index contributed by atoms with van der Waals surface area (Å²) in [5.74, 6) is 0.411.